The molecule has 1 aromatic heterocycles. The van der Waals surface area contributed by atoms with Crippen LogP contribution in [0.3, 0.4) is 0 Å². The van der Waals surface area contributed by atoms with Crippen molar-refractivity contribution >= 4 is 11.9 Å². The Balaban J connectivity index is 2.23. The predicted molar refractivity (Wildman–Crippen MR) is 72.5 cm³/mol. The van der Waals surface area contributed by atoms with E-state index < -0.39 is 17.9 Å². The Labute approximate surface area is 116 Å². The molecule has 1 heterocycles. The van der Waals surface area contributed by atoms with E-state index in [-0.39, 0.29) is 0 Å². The third-order valence-electron chi connectivity index (χ3n) is 2.94. The lowest BCUT2D eigenvalue weighted by Gasteiger charge is -2.14. The number of carboxylic acid groups (broad SMARTS) is 1. The highest BCUT2D eigenvalue weighted by atomic mass is 16.4. The summed E-state index contributed by atoms with van der Waals surface area (Å²) in [5.41, 5.74) is 0.871. The Morgan fingerprint density at radius 1 is 1.20 bits per heavy atom. The van der Waals surface area contributed by atoms with E-state index in [1.807, 2.05) is 0 Å². The fourth-order valence-corrected chi connectivity index (χ4v) is 2.00. The molecule has 1 aromatic carbocycles. The third-order valence-corrected chi connectivity index (χ3v) is 2.94. The second-order valence-corrected chi connectivity index (χ2v) is 4.48. The van der Waals surface area contributed by atoms with Gasteiger partial charge in [0, 0.05) is 0 Å². The molecule has 0 unspecified atom stereocenters. The number of aliphatic carboxylic acids is 1. The molecule has 1 atom stereocenters. The van der Waals surface area contributed by atoms with Crippen LogP contribution in [0.2, 0.25) is 0 Å². The summed E-state index contributed by atoms with van der Waals surface area (Å²) in [5, 5.41) is 11.8. The predicted octanol–water partition coefficient (Wildman–Crippen LogP) is 2.45. The van der Waals surface area contributed by atoms with E-state index in [1.165, 1.54) is 0 Å². The zero-order valence-corrected chi connectivity index (χ0v) is 11.2. The summed E-state index contributed by atoms with van der Waals surface area (Å²) in [4.78, 5) is 23.5. The van der Waals surface area contributed by atoms with Crippen molar-refractivity contribution in [2.24, 2.45) is 0 Å². The van der Waals surface area contributed by atoms with Crippen LogP contribution in [0, 0.1) is 13.8 Å². The van der Waals surface area contributed by atoms with E-state index in [0.29, 0.717) is 22.6 Å². The van der Waals surface area contributed by atoms with Gasteiger partial charge in [-0.15, -0.1) is 0 Å². The normalized spacial score (nSPS) is 11.9. The molecule has 2 rings (SSSR count). The highest BCUT2D eigenvalue weighted by molar-refractivity contribution is 5.97. The second kappa shape index (κ2) is 5.61. The molecular weight excluding hydrogens is 258 g/mol. The van der Waals surface area contributed by atoms with Gasteiger partial charge < -0.3 is 14.8 Å². The number of hydrogen-bond donors (Lipinski definition) is 2. The quantitative estimate of drug-likeness (QED) is 0.896. The van der Waals surface area contributed by atoms with Gasteiger partial charge in [0.1, 0.15) is 11.5 Å². The zero-order chi connectivity index (χ0) is 14.7. The van der Waals surface area contributed by atoms with Crippen molar-refractivity contribution in [1.82, 2.24) is 5.32 Å². The monoisotopic (exact) mass is 273 g/mol. The minimum Gasteiger partial charge on any atom is -0.479 e. The van der Waals surface area contributed by atoms with Crippen LogP contribution < -0.4 is 5.32 Å². The van der Waals surface area contributed by atoms with Gasteiger partial charge in [0.25, 0.3) is 5.91 Å². The van der Waals surface area contributed by atoms with Gasteiger partial charge in [-0.25, -0.2) is 4.79 Å². The SMILES string of the molecule is Cc1cc(C(=O)N[C@@H](C(=O)O)c2ccccc2)c(C)o1. The van der Waals surface area contributed by atoms with Crippen molar-refractivity contribution in [2.75, 3.05) is 0 Å². The largest absolute Gasteiger partial charge is 0.479 e. The van der Waals surface area contributed by atoms with Crippen molar-refractivity contribution < 1.29 is 19.1 Å². The van der Waals surface area contributed by atoms with Gasteiger partial charge in [-0.3, -0.25) is 4.79 Å². The Morgan fingerprint density at radius 2 is 1.85 bits per heavy atom. The van der Waals surface area contributed by atoms with Crippen molar-refractivity contribution in [3.05, 3.63) is 59.0 Å². The van der Waals surface area contributed by atoms with E-state index in [4.69, 9.17) is 4.42 Å². The van der Waals surface area contributed by atoms with E-state index in [2.05, 4.69) is 5.32 Å². The first kappa shape index (κ1) is 13.9. The molecule has 2 N–H and O–H groups in total. The van der Waals surface area contributed by atoms with Gasteiger partial charge in [-0.1, -0.05) is 30.3 Å². The van der Waals surface area contributed by atoms with Crippen LogP contribution in [0.25, 0.3) is 0 Å². The highest BCUT2D eigenvalue weighted by Crippen LogP contribution is 2.17. The summed E-state index contributed by atoms with van der Waals surface area (Å²) in [6.07, 6.45) is 0. The number of furan rings is 1. The van der Waals surface area contributed by atoms with Gasteiger partial charge in [0.2, 0.25) is 0 Å². The number of aryl methyl sites for hydroxylation is 2. The first-order valence-electron chi connectivity index (χ1n) is 6.14. The topological polar surface area (TPSA) is 79.5 Å². The zero-order valence-electron chi connectivity index (χ0n) is 11.2. The van der Waals surface area contributed by atoms with Crippen LogP contribution >= 0.6 is 0 Å². The summed E-state index contributed by atoms with van der Waals surface area (Å²) in [6.45, 7) is 3.40. The number of carbonyl (C=O) groups excluding carboxylic acids is 1. The molecule has 0 radical (unpaired) electrons. The maximum absolute atomic E-state index is 12.1. The second-order valence-electron chi connectivity index (χ2n) is 4.48. The van der Waals surface area contributed by atoms with E-state index in [0.717, 1.165) is 0 Å². The average Bonchev–Trinajstić information content (AvgIpc) is 2.75. The van der Waals surface area contributed by atoms with E-state index in [9.17, 15) is 14.7 Å². The van der Waals surface area contributed by atoms with Gasteiger partial charge in [0.15, 0.2) is 6.04 Å². The molecule has 104 valence electrons. The maximum atomic E-state index is 12.1. The Bertz CT molecular complexity index is 631. The van der Waals surface area contributed by atoms with Gasteiger partial charge >= 0.3 is 5.97 Å². The average molecular weight is 273 g/mol. The van der Waals surface area contributed by atoms with Crippen LogP contribution in [0.1, 0.15) is 33.5 Å². The van der Waals surface area contributed by atoms with Gasteiger partial charge in [-0.05, 0) is 25.5 Å². The number of rotatable bonds is 4. The Kier molecular flexibility index (Phi) is 3.89. The summed E-state index contributed by atoms with van der Waals surface area (Å²) in [6, 6.07) is 9.06. The molecule has 0 fully saturated rings. The molecule has 20 heavy (non-hydrogen) atoms. The fourth-order valence-electron chi connectivity index (χ4n) is 2.00. The third kappa shape index (κ3) is 2.88. The van der Waals surface area contributed by atoms with Crippen LogP contribution in [0.4, 0.5) is 0 Å². The molecule has 0 saturated heterocycles. The number of carboxylic acids is 1. The molecule has 0 aliphatic carbocycles. The molecule has 0 aliphatic rings. The molecule has 0 bridgehead atoms. The molecule has 5 heteroatoms. The molecular formula is C15H15NO4. The molecule has 1 amide bonds. The molecule has 0 aliphatic heterocycles. The minimum absolute atomic E-state index is 0.352. The number of hydrogen-bond acceptors (Lipinski definition) is 3. The van der Waals surface area contributed by atoms with Crippen LogP contribution in [-0.2, 0) is 4.79 Å². The van der Waals surface area contributed by atoms with Crippen molar-refractivity contribution in [3.63, 3.8) is 0 Å². The van der Waals surface area contributed by atoms with E-state index in [1.54, 1.807) is 50.2 Å². The standard InChI is InChI=1S/C15H15NO4/c1-9-8-12(10(2)20-9)14(17)16-13(15(18)19)11-6-4-3-5-7-11/h3-8,13H,1-2H3,(H,16,17)(H,18,19)/t13-/m1/s1. The smallest absolute Gasteiger partial charge is 0.330 e. The number of carbonyl (C=O) groups is 2. The van der Waals surface area contributed by atoms with Crippen molar-refractivity contribution in [2.45, 2.75) is 19.9 Å². The summed E-state index contributed by atoms with van der Waals surface area (Å²) < 4.78 is 5.28. The summed E-state index contributed by atoms with van der Waals surface area (Å²) >= 11 is 0. The first-order chi connectivity index (χ1) is 9.49. The molecule has 5 nitrogen and oxygen atoms in total. The molecule has 0 spiro atoms. The van der Waals surface area contributed by atoms with Gasteiger partial charge in [-0.2, -0.15) is 0 Å². The lowest BCUT2D eigenvalue weighted by molar-refractivity contribution is -0.139. The molecule has 2 aromatic rings. The van der Waals surface area contributed by atoms with Crippen LogP contribution in [-0.4, -0.2) is 17.0 Å². The lowest BCUT2D eigenvalue weighted by Crippen LogP contribution is -2.33. The fraction of sp³-hybridized carbons (Fsp3) is 0.200. The molecule has 0 saturated carbocycles. The van der Waals surface area contributed by atoms with Crippen LogP contribution in [0.5, 0.6) is 0 Å². The van der Waals surface area contributed by atoms with Crippen LogP contribution in [0.15, 0.2) is 40.8 Å². The van der Waals surface area contributed by atoms with Gasteiger partial charge in [0.05, 0.1) is 5.56 Å². The van der Waals surface area contributed by atoms with E-state index >= 15 is 0 Å². The summed E-state index contributed by atoms with van der Waals surface area (Å²) in [5.74, 6) is -0.491. The summed E-state index contributed by atoms with van der Waals surface area (Å²) in [7, 11) is 0. The van der Waals surface area contributed by atoms with Crippen molar-refractivity contribution in [1.29, 1.82) is 0 Å². The first-order valence-corrected chi connectivity index (χ1v) is 6.14. The highest BCUT2D eigenvalue weighted by Gasteiger charge is 2.24. The lowest BCUT2D eigenvalue weighted by atomic mass is 10.1. The van der Waals surface area contributed by atoms with Crippen molar-refractivity contribution in [3.8, 4) is 0 Å². The maximum Gasteiger partial charge on any atom is 0.330 e. The Morgan fingerprint density at radius 3 is 2.35 bits per heavy atom. The number of nitrogens with one attached hydrogen (secondary N) is 1. The number of benzene rings is 1. The number of amides is 1. The Hall–Kier alpha value is -2.56. The minimum atomic E-state index is -1.11.